The van der Waals surface area contributed by atoms with Crippen LogP contribution in [-0.4, -0.2) is 50.1 Å². The number of para-hydroxylation sites is 1. The van der Waals surface area contributed by atoms with Crippen LogP contribution >= 0.6 is 24.0 Å². The predicted octanol–water partition coefficient (Wildman–Crippen LogP) is 3.41. The van der Waals surface area contributed by atoms with Crippen molar-refractivity contribution in [3.63, 3.8) is 0 Å². The first kappa shape index (κ1) is 24.5. The van der Waals surface area contributed by atoms with E-state index in [1.165, 1.54) is 19.3 Å². The fraction of sp³-hybridized carbons (Fsp3) is 0.619. The molecule has 28 heavy (non-hydrogen) atoms. The van der Waals surface area contributed by atoms with Crippen molar-refractivity contribution in [3.8, 4) is 5.75 Å². The van der Waals surface area contributed by atoms with Crippen molar-refractivity contribution in [1.29, 1.82) is 0 Å². The standard InChI is InChI=1S/C21H34N4O2.HI/c1-5-27-19-13-9-7-11-17(19)14-22-21(23-15-20(26)25(3)4)24-18-12-8-6-10-16(18)2;/h7,9,11,13,16,18H,5-6,8,10,12,14-15H2,1-4H3,(H2,22,23,24);1H. The lowest BCUT2D eigenvalue weighted by atomic mass is 9.86. The number of ether oxygens (including phenoxy) is 1. The number of guanidine groups is 1. The average molecular weight is 502 g/mol. The summed E-state index contributed by atoms with van der Waals surface area (Å²) < 4.78 is 5.70. The molecule has 6 nitrogen and oxygen atoms in total. The van der Waals surface area contributed by atoms with E-state index in [2.05, 4.69) is 17.6 Å². The molecule has 7 heteroatoms. The Bertz CT molecular complexity index is 637. The molecule has 1 saturated carbocycles. The van der Waals surface area contributed by atoms with Crippen LogP contribution in [0.1, 0.15) is 45.1 Å². The van der Waals surface area contributed by atoms with Crippen LogP contribution in [0.4, 0.5) is 0 Å². The predicted molar refractivity (Wildman–Crippen MR) is 125 cm³/mol. The van der Waals surface area contributed by atoms with E-state index in [1.807, 2.05) is 31.2 Å². The number of likely N-dealkylation sites (N-methyl/N-ethyl adjacent to an activating group) is 1. The Morgan fingerprint density at radius 1 is 1.25 bits per heavy atom. The highest BCUT2D eigenvalue weighted by atomic mass is 127. The van der Waals surface area contributed by atoms with Crippen LogP contribution in [0.3, 0.4) is 0 Å². The number of hydrogen-bond acceptors (Lipinski definition) is 3. The molecule has 0 bridgehead atoms. The quantitative estimate of drug-likeness (QED) is 0.341. The zero-order valence-electron chi connectivity index (χ0n) is 17.5. The van der Waals surface area contributed by atoms with E-state index in [1.54, 1.807) is 19.0 Å². The molecule has 1 fully saturated rings. The summed E-state index contributed by atoms with van der Waals surface area (Å²) in [7, 11) is 3.52. The topological polar surface area (TPSA) is 66.0 Å². The molecule has 0 aromatic heterocycles. The molecule has 1 amide bonds. The molecule has 1 aliphatic carbocycles. The lowest BCUT2D eigenvalue weighted by Crippen LogP contribution is -2.49. The first-order chi connectivity index (χ1) is 13.0. The van der Waals surface area contributed by atoms with Crippen LogP contribution in [0.5, 0.6) is 5.75 Å². The summed E-state index contributed by atoms with van der Waals surface area (Å²) in [4.78, 5) is 18.3. The Kier molecular flexibility index (Phi) is 11.3. The molecule has 1 aliphatic rings. The summed E-state index contributed by atoms with van der Waals surface area (Å²) in [5, 5.41) is 6.75. The molecule has 0 heterocycles. The van der Waals surface area contributed by atoms with Gasteiger partial charge in [-0.15, -0.1) is 24.0 Å². The fourth-order valence-electron chi connectivity index (χ4n) is 3.27. The summed E-state index contributed by atoms with van der Waals surface area (Å²) >= 11 is 0. The second-order valence-electron chi connectivity index (χ2n) is 7.36. The van der Waals surface area contributed by atoms with Crippen molar-refractivity contribution in [2.24, 2.45) is 10.9 Å². The fourth-order valence-corrected chi connectivity index (χ4v) is 3.27. The number of nitrogens with zero attached hydrogens (tertiary/aromatic N) is 2. The van der Waals surface area contributed by atoms with Crippen molar-refractivity contribution < 1.29 is 9.53 Å². The van der Waals surface area contributed by atoms with Crippen LogP contribution in [0.15, 0.2) is 29.3 Å². The summed E-state index contributed by atoms with van der Waals surface area (Å²) in [6.45, 7) is 5.62. The minimum absolute atomic E-state index is 0. The largest absolute Gasteiger partial charge is 0.494 e. The number of aliphatic imine (C=N–C) groups is 1. The number of benzene rings is 1. The number of carbonyl (C=O) groups excluding carboxylic acids is 1. The van der Waals surface area contributed by atoms with Crippen molar-refractivity contribution in [1.82, 2.24) is 15.5 Å². The first-order valence-electron chi connectivity index (χ1n) is 9.97. The van der Waals surface area contributed by atoms with Gasteiger partial charge in [0.05, 0.1) is 19.7 Å². The zero-order valence-corrected chi connectivity index (χ0v) is 19.9. The summed E-state index contributed by atoms with van der Waals surface area (Å²) in [6, 6.07) is 8.34. The number of amides is 1. The van der Waals surface area contributed by atoms with Gasteiger partial charge in [-0.2, -0.15) is 0 Å². The van der Waals surface area contributed by atoms with Gasteiger partial charge in [0.15, 0.2) is 5.96 Å². The maximum atomic E-state index is 12.0. The van der Waals surface area contributed by atoms with Gasteiger partial charge in [-0.3, -0.25) is 4.79 Å². The normalized spacial score (nSPS) is 19.4. The van der Waals surface area contributed by atoms with E-state index in [0.29, 0.717) is 31.1 Å². The Hall–Kier alpha value is -1.51. The van der Waals surface area contributed by atoms with Gasteiger partial charge in [-0.1, -0.05) is 38.0 Å². The molecular weight excluding hydrogens is 467 g/mol. The number of hydrogen-bond donors (Lipinski definition) is 2. The van der Waals surface area contributed by atoms with Crippen LogP contribution in [0, 0.1) is 5.92 Å². The highest BCUT2D eigenvalue weighted by Crippen LogP contribution is 2.24. The third-order valence-corrected chi connectivity index (χ3v) is 5.02. The van der Waals surface area contributed by atoms with Gasteiger partial charge in [-0.05, 0) is 31.7 Å². The van der Waals surface area contributed by atoms with Gasteiger partial charge >= 0.3 is 0 Å². The minimum atomic E-state index is 0. The number of carbonyl (C=O) groups is 1. The smallest absolute Gasteiger partial charge is 0.241 e. The van der Waals surface area contributed by atoms with E-state index in [4.69, 9.17) is 9.73 Å². The zero-order chi connectivity index (χ0) is 19.6. The number of halogens is 1. The number of nitrogens with one attached hydrogen (secondary N) is 2. The SMILES string of the molecule is CCOc1ccccc1CN=C(NCC(=O)N(C)C)NC1CCCCC1C.I. The Labute approximate surface area is 186 Å². The van der Waals surface area contributed by atoms with Crippen LogP contribution in [0.2, 0.25) is 0 Å². The van der Waals surface area contributed by atoms with E-state index < -0.39 is 0 Å². The molecule has 2 N–H and O–H groups in total. The Morgan fingerprint density at radius 2 is 1.96 bits per heavy atom. The Balaban J connectivity index is 0.00000392. The maximum absolute atomic E-state index is 12.0. The molecule has 1 aromatic rings. The van der Waals surface area contributed by atoms with Gasteiger partial charge in [0, 0.05) is 25.7 Å². The summed E-state index contributed by atoms with van der Waals surface area (Å²) in [5.41, 5.74) is 1.04. The summed E-state index contributed by atoms with van der Waals surface area (Å²) in [6.07, 6.45) is 4.90. The van der Waals surface area contributed by atoms with Gasteiger partial charge in [0.1, 0.15) is 5.75 Å². The molecule has 2 rings (SSSR count). The van der Waals surface area contributed by atoms with Crippen molar-refractivity contribution in [2.75, 3.05) is 27.2 Å². The molecule has 0 spiro atoms. The molecule has 158 valence electrons. The molecule has 2 unspecified atom stereocenters. The maximum Gasteiger partial charge on any atom is 0.241 e. The van der Waals surface area contributed by atoms with Crippen molar-refractivity contribution >= 4 is 35.8 Å². The average Bonchev–Trinajstić information content (AvgIpc) is 2.66. The molecule has 0 saturated heterocycles. The van der Waals surface area contributed by atoms with Gasteiger partial charge in [-0.25, -0.2) is 4.99 Å². The molecule has 0 aliphatic heterocycles. The Morgan fingerprint density at radius 3 is 2.64 bits per heavy atom. The van der Waals surface area contributed by atoms with E-state index in [9.17, 15) is 4.79 Å². The molecule has 2 atom stereocenters. The van der Waals surface area contributed by atoms with Crippen LogP contribution < -0.4 is 15.4 Å². The van der Waals surface area contributed by atoms with E-state index in [-0.39, 0.29) is 36.4 Å². The van der Waals surface area contributed by atoms with Gasteiger partial charge in [0.2, 0.25) is 5.91 Å². The second kappa shape index (κ2) is 12.9. The minimum Gasteiger partial charge on any atom is -0.494 e. The molecule has 0 radical (unpaired) electrons. The highest BCUT2D eigenvalue weighted by Gasteiger charge is 2.22. The third-order valence-electron chi connectivity index (χ3n) is 5.02. The van der Waals surface area contributed by atoms with Crippen molar-refractivity contribution in [3.05, 3.63) is 29.8 Å². The first-order valence-corrected chi connectivity index (χ1v) is 9.97. The van der Waals surface area contributed by atoms with Crippen LogP contribution in [0.25, 0.3) is 0 Å². The van der Waals surface area contributed by atoms with E-state index >= 15 is 0 Å². The van der Waals surface area contributed by atoms with E-state index in [0.717, 1.165) is 17.7 Å². The van der Waals surface area contributed by atoms with Crippen molar-refractivity contribution in [2.45, 2.75) is 52.1 Å². The monoisotopic (exact) mass is 502 g/mol. The second-order valence-corrected chi connectivity index (χ2v) is 7.36. The van der Waals surface area contributed by atoms with Gasteiger partial charge < -0.3 is 20.3 Å². The lowest BCUT2D eigenvalue weighted by molar-refractivity contribution is -0.127. The molecular formula is C21H35IN4O2. The number of rotatable bonds is 7. The summed E-state index contributed by atoms with van der Waals surface area (Å²) in [5.74, 6) is 2.18. The van der Waals surface area contributed by atoms with Crippen LogP contribution in [-0.2, 0) is 11.3 Å². The third kappa shape index (κ3) is 7.85. The molecule has 1 aromatic carbocycles. The lowest BCUT2D eigenvalue weighted by Gasteiger charge is -2.31. The highest BCUT2D eigenvalue weighted by molar-refractivity contribution is 14.0. The van der Waals surface area contributed by atoms with Gasteiger partial charge in [0.25, 0.3) is 0 Å².